The van der Waals surface area contributed by atoms with Gasteiger partial charge in [0.1, 0.15) is 73.9 Å². The first-order valence-corrected chi connectivity index (χ1v) is 44.8. The number of nitrogens with zero attached hydrogens (tertiary/aromatic N) is 23. The van der Waals surface area contributed by atoms with E-state index in [1.165, 1.54) is 6.08 Å². The highest BCUT2D eigenvalue weighted by Crippen LogP contribution is 2.36. The molecule has 0 amide bonds. The first-order chi connectivity index (χ1) is 66.4. The summed E-state index contributed by atoms with van der Waals surface area (Å²) < 4.78 is 37.8. The summed E-state index contributed by atoms with van der Waals surface area (Å²) in [6, 6.07) is 20.6. The molecule has 0 aromatic carbocycles. The third-order valence-electron chi connectivity index (χ3n) is 22.0. The number of aryl methyl sites for hydroxylation is 4. The van der Waals surface area contributed by atoms with Crippen LogP contribution in [0.15, 0.2) is 148 Å². The number of anilines is 5. The van der Waals surface area contributed by atoms with E-state index in [0.717, 1.165) is 109 Å². The molecule has 15 aromatic heterocycles. The first-order valence-electron chi connectivity index (χ1n) is 44.8. The van der Waals surface area contributed by atoms with E-state index in [9.17, 15) is 44.5 Å². The van der Waals surface area contributed by atoms with Gasteiger partial charge in [0.2, 0.25) is 29.7 Å². The van der Waals surface area contributed by atoms with E-state index in [-0.39, 0.29) is 41.4 Å². The highest BCUT2D eigenvalue weighted by molar-refractivity contribution is 5.92. The molecule has 17 rings (SSSR count). The number of nitriles is 3. The van der Waals surface area contributed by atoms with Crippen molar-refractivity contribution in [3.05, 3.63) is 215 Å². The van der Waals surface area contributed by atoms with Crippen molar-refractivity contribution in [3.8, 4) is 107 Å². The summed E-state index contributed by atoms with van der Waals surface area (Å²) in [5, 5.41) is 102. The molecule has 35 nitrogen and oxygen atoms in total. The molecular formula is C103H104F2N28O7. The molecule has 2 aliphatic rings. The van der Waals surface area contributed by atoms with Gasteiger partial charge >= 0.3 is 0 Å². The normalized spacial score (nSPS) is 13.2. The molecule has 15 aromatic rings. The fourth-order valence-electron chi connectivity index (χ4n) is 15.2. The Kier molecular flexibility index (Phi) is 30.8. The summed E-state index contributed by atoms with van der Waals surface area (Å²) in [4.78, 5) is 62.0. The quantitative estimate of drug-likeness (QED) is 0.0316. The molecule has 0 bridgehead atoms. The van der Waals surface area contributed by atoms with Crippen LogP contribution >= 0.6 is 0 Å². The average Bonchev–Trinajstić information content (AvgIpc) is 1.62. The highest BCUT2D eigenvalue weighted by Gasteiger charge is 2.31. The summed E-state index contributed by atoms with van der Waals surface area (Å²) in [7, 11) is 0. The third-order valence-corrected chi connectivity index (χ3v) is 22.0. The number of pyridine rings is 5. The van der Waals surface area contributed by atoms with Crippen LogP contribution in [0.2, 0.25) is 0 Å². The molecule has 37 heteroatoms. The Hall–Kier alpha value is -16.6. The lowest BCUT2D eigenvalue weighted by Gasteiger charge is -2.16. The Morgan fingerprint density at radius 2 is 0.671 bits per heavy atom. The maximum atomic E-state index is 14.6. The van der Waals surface area contributed by atoms with E-state index in [2.05, 4.69) is 146 Å². The molecule has 17 N–H and O–H groups in total. The molecule has 0 saturated heterocycles. The van der Waals surface area contributed by atoms with Crippen molar-refractivity contribution < 1.29 is 44.5 Å². The van der Waals surface area contributed by atoms with E-state index in [1.807, 2.05) is 50.5 Å². The lowest BCUT2D eigenvalue weighted by molar-refractivity contribution is 0.0708. The summed E-state index contributed by atoms with van der Waals surface area (Å²) in [5.74, 6) is 29.9. The summed E-state index contributed by atoms with van der Waals surface area (Å²) in [6.45, 7) is 16.6. The number of nitrogens with two attached hydrogens (primary N) is 5. The number of hydrogen-bond acceptors (Lipinski definition) is 30. The van der Waals surface area contributed by atoms with Crippen LogP contribution in [0.3, 0.4) is 0 Å². The molecule has 2 fully saturated rings. The molecular weight excluding hydrogens is 1780 g/mol. The monoisotopic (exact) mass is 1880 g/mol. The van der Waals surface area contributed by atoms with Crippen LogP contribution in [0.5, 0.6) is 0 Å². The van der Waals surface area contributed by atoms with Crippen molar-refractivity contribution in [2.45, 2.75) is 211 Å². The minimum Gasteiger partial charge on any atom is -0.390 e. The van der Waals surface area contributed by atoms with E-state index in [1.54, 1.807) is 183 Å². The van der Waals surface area contributed by atoms with Gasteiger partial charge in [0.25, 0.3) is 0 Å². The predicted octanol–water partition coefficient (Wildman–Crippen LogP) is 11.8. The molecule has 2 aliphatic carbocycles. The molecule has 140 heavy (non-hydrogen) atoms. The van der Waals surface area contributed by atoms with Crippen LogP contribution in [0.25, 0.3) is 89.7 Å². The van der Waals surface area contributed by atoms with Gasteiger partial charge in [0, 0.05) is 132 Å². The van der Waals surface area contributed by atoms with Crippen LogP contribution in [0.1, 0.15) is 203 Å². The zero-order valence-corrected chi connectivity index (χ0v) is 78.8. The van der Waals surface area contributed by atoms with Gasteiger partial charge in [0.05, 0.1) is 69.4 Å². The average molecular weight is 1880 g/mol. The number of hydrogen-bond donors (Lipinski definition) is 12. The van der Waals surface area contributed by atoms with Crippen LogP contribution < -0.4 is 28.7 Å². The van der Waals surface area contributed by atoms with Gasteiger partial charge in [-0.1, -0.05) is 29.6 Å². The van der Waals surface area contributed by atoms with Gasteiger partial charge < -0.3 is 78.1 Å². The lowest BCUT2D eigenvalue weighted by Crippen LogP contribution is -2.20. The van der Waals surface area contributed by atoms with E-state index < -0.39 is 50.8 Å². The number of nitrogen functional groups attached to an aromatic ring is 5. The van der Waals surface area contributed by atoms with Crippen LogP contribution in [0, 0.1) is 105 Å². The minimum absolute atomic E-state index is 0.0182. The Morgan fingerprint density at radius 1 is 0.379 bits per heavy atom. The fraction of sp³-hybridized carbons (Fsp3) is 0.320. The van der Waals surface area contributed by atoms with Gasteiger partial charge in [-0.25, -0.2) is 58.6 Å². The zero-order valence-electron chi connectivity index (χ0n) is 78.8. The smallest absolute Gasteiger partial charge is 0.222 e. The largest absolute Gasteiger partial charge is 0.390 e. The predicted molar refractivity (Wildman–Crippen MR) is 527 cm³/mol. The van der Waals surface area contributed by atoms with E-state index in [0.29, 0.717) is 134 Å². The third kappa shape index (κ3) is 26.8. The Bertz CT molecular complexity index is 7680. The second-order valence-electron chi connectivity index (χ2n) is 36.4. The molecule has 0 atom stereocenters. The number of rotatable bonds is 16. The lowest BCUT2D eigenvalue weighted by atomic mass is 9.99. The zero-order chi connectivity index (χ0) is 101. The first kappa shape index (κ1) is 101. The van der Waals surface area contributed by atoms with Gasteiger partial charge in [-0.3, -0.25) is 9.13 Å². The van der Waals surface area contributed by atoms with Crippen LogP contribution in [0.4, 0.5) is 38.5 Å². The SMILES string of the molecule is CC(C)(O)C#Cc1cc2c(cn1)c(/C=C/C#N)cn2-c1ccnc(N)n1.CC(C)(O)C#Cc1cc2c(cn1)c(CCC#N)cn2-c1ccnc(N)n1.CC(C)(O)C#Cc1cc2c(cn1)c(CCC(C)(C)O)cn2-c1nc(N)ncc1F.CC(C)(O)CCc1cn(-c2nc(N)ncc2F)c2cc(C#CC3(O)CCCC3)ncc12.N#CCCc1cn(-c2ccnc(N)n2)c2cc(C#CC3(O)CCCC3)ncc12. The summed E-state index contributed by atoms with van der Waals surface area (Å²) in [5.41, 5.74) is 32.6. The van der Waals surface area contributed by atoms with Gasteiger partial charge in [0.15, 0.2) is 23.3 Å². The number of aliphatic hydroxyl groups is 7. The number of aromatic nitrogens is 20. The fourth-order valence-corrected chi connectivity index (χ4v) is 15.2. The Labute approximate surface area is 805 Å². The molecule has 0 radical (unpaired) electrons. The molecule has 2 saturated carbocycles. The van der Waals surface area contributed by atoms with Crippen LogP contribution in [-0.4, -0.2) is 173 Å². The van der Waals surface area contributed by atoms with E-state index in [4.69, 9.17) is 44.5 Å². The van der Waals surface area contributed by atoms with Crippen molar-refractivity contribution in [1.82, 2.24) is 97.6 Å². The second kappa shape index (κ2) is 42.8. The maximum absolute atomic E-state index is 14.6. The topological polar surface area (TPSA) is 561 Å². The molecule has 15 heterocycles. The minimum atomic E-state index is -1.16. The molecule has 712 valence electrons. The van der Waals surface area contributed by atoms with Crippen molar-refractivity contribution in [3.63, 3.8) is 0 Å². The van der Waals surface area contributed by atoms with Crippen molar-refractivity contribution in [1.29, 1.82) is 15.8 Å². The standard InChI is InChI=1S/C23H26FN5O2.C21H24FN5O2.C21H20N6O.C19H18N6O.C19H16N6O/c1-22(2,30)9-5-15-14-29(20-18(24)13-27-21(25)28-20)19-11-16(26-12-17(15)19)6-10-23(31)7-3-4-8-23;1-20(2,28)7-5-13-12-27(18-16(22)11-25-19(23)26-18)17-9-14(24-10-15(13)17)6-8-21(3,4)29;22-10-3-4-15-14-27(19-6-11-24-20(23)26-19)18-12-16(25-13-17(15)18)5-9-21(28)7-1-2-8-21;2*1-19(2,26)7-5-14-10-16-15(11-23-14)13(4-3-8-20)12-25(16)17-6-9-22-18(21)24-17/h11-14,30-31H,3-5,7-9H2,1-2H3,(H2,25,27,28);9-12,28-29H,5,7H2,1-4H3,(H2,23,25,26);6,11-14,28H,1-4,7-8H2,(H2,23,24,26);6,9-12,26H,3-4H2,1-2H3,(H2,21,22,24);3-4,6,9-12,26H,1-2H3,(H2,21,22,24)/b;;;;4-3+. The number of allylic oxidation sites excluding steroid dienone is 1. The Morgan fingerprint density at radius 3 is 0.986 bits per heavy atom. The maximum Gasteiger partial charge on any atom is 0.222 e. The van der Waals surface area contributed by atoms with Crippen molar-refractivity contribution in [2.24, 2.45) is 0 Å². The van der Waals surface area contributed by atoms with Gasteiger partial charge in [-0.2, -0.15) is 40.7 Å². The summed E-state index contributed by atoms with van der Waals surface area (Å²) >= 11 is 0. The Balaban J connectivity index is 0.000000148. The summed E-state index contributed by atoms with van der Waals surface area (Å²) in [6.07, 6.45) is 38.6. The second-order valence-corrected chi connectivity index (χ2v) is 36.4. The van der Waals surface area contributed by atoms with Crippen molar-refractivity contribution >= 4 is 90.3 Å². The number of fused-ring (bicyclic) bond motifs is 5. The molecule has 0 spiro atoms. The molecule has 0 aliphatic heterocycles. The van der Waals surface area contributed by atoms with Crippen molar-refractivity contribution in [2.75, 3.05) is 28.7 Å². The van der Waals surface area contributed by atoms with E-state index >= 15 is 0 Å². The number of halogens is 2. The van der Waals surface area contributed by atoms with Crippen LogP contribution in [-0.2, 0) is 25.7 Å². The van der Waals surface area contributed by atoms with Gasteiger partial charge in [-0.05, 0) is 266 Å². The highest BCUT2D eigenvalue weighted by atomic mass is 19.1. The van der Waals surface area contributed by atoms with Gasteiger partial charge in [-0.15, -0.1) is 0 Å². The molecule has 0 unspecified atom stereocenters.